The first kappa shape index (κ1) is 11.8. The summed E-state index contributed by atoms with van der Waals surface area (Å²) in [4.78, 5) is 12.9. The minimum absolute atomic E-state index is 0.0699. The number of carbonyl (C=O) groups excluding carboxylic acids is 1. The van der Waals surface area contributed by atoms with Gasteiger partial charge in [-0.25, -0.2) is 0 Å². The van der Waals surface area contributed by atoms with Crippen LogP contribution in [-0.4, -0.2) is 42.9 Å². The van der Waals surface area contributed by atoms with Gasteiger partial charge in [0.05, 0.1) is 12.4 Å². The molecule has 0 aliphatic carbocycles. The second kappa shape index (κ2) is 7.43. The molecule has 0 rings (SSSR count). The fourth-order valence-electron chi connectivity index (χ4n) is 0.878. The van der Waals surface area contributed by atoms with Crippen LogP contribution < -0.4 is 0 Å². The second-order valence-electron chi connectivity index (χ2n) is 2.33. The maximum absolute atomic E-state index is 11.1. The van der Waals surface area contributed by atoms with Gasteiger partial charge in [0.15, 0.2) is 0 Å². The van der Waals surface area contributed by atoms with E-state index in [2.05, 4.69) is 12.6 Å². The maximum Gasteiger partial charge on any atom is 0.232 e. The molecule has 0 atom stereocenters. The van der Waals surface area contributed by atoms with Crippen molar-refractivity contribution in [3.63, 3.8) is 0 Å². The highest BCUT2D eigenvalue weighted by atomic mass is 32.1. The molecule has 72 valence electrons. The van der Waals surface area contributed by atoms with Crippen LogP contribution in [0.15, 0.2) is 0 Å². The van der Waals surface area contributed by atoms with Crippen LogP contribution in [0.4, 0.5) is 0 Å². The van der Waals surface area contributed by atoms with Crippen LogP contribution in [-0.2, 0) is 9.53 Å². The monoisotopic (exact) mass is 191 g/mol. The van der Waals surface area contributed by atoms with E-state index >= 15 is 0 Å². The van der Waals surface area contributed by atoms with Crippen molar-refractivity contribution in [1.29, 1.82) is 0 Å². The smallest absolute Gasteiger partial charge is 0.232 e. The van der Waals surface area contributed by atoms with E-state index in [0.717, 1.165) is 6.54 Å². The Labute approximate surface area is 79.5 Å². The SMILES string of the molecule is CCOCCN(CC)C(=O)CS. The molecule has 0 bridgehead atoms. The van der Waals surface area contributed by atoms with Gasteiger partial charge >= 0.3 is 0 Å². The average molecular weight is 191 g/mol. The van der Waals surface area contributed by atoms with Crippen LogP contribution in [0.1, 0.15) is 13.8 Å². The van der Waals surface area contributed by atoms with E-state index in [9.17, 15) is 4.79 Å². The van der Waals surface area contributed by atoms with Crippen molar-refractivity contribution in [1.82, 2.24) is 4.90 Å². The Morgan fingerprint density at radius 1 is 1.50 bits per heavy atom. The van der Waals surface area contributed by atoms with E-state index in [-0.39, 0.29) is 11.7 Å². The summed E-state index contributed by atoms with van der Waals surface area (Å²) in [6, 6.07) is 0. The maximum atomic E-state index is 11.1. The topological polar surface area (TPSA) is 29.5 Å². The summed E-state index contributed by atoms with van der Waals surface area (Å²) in [7, 11) is 0. The molecule has 0 heterocycles. The summed E-state index contributed by atoms with van der Waals surface area (Å²) in [5, 5.41) is 0. The van der Waals surface area contributed by atoms with E-state index in [1.165, 1.54) is 0 Å². The number of ether oxygens (including phenoxy) is 1. The molecule has 1 amide bonds. The Morgan fingerprint density at radius 2 is 2.17 bits per heavy atom. The number of nitrogens with zero attached hydrogens (tertiary/aromatic N) is 1. The number of likely N-dealkylation sites (N-methyl/N-ethyl adjacent to an activating group) is 1. The van der Waals surface area contributed by atoms with Gasteiger partial charge in [-0.3, -0.25) is 4.79 Å². The number of hydrogen-bond donors (Lipinski definition) is 1. The zero-order valence-corrected chi connectivity index (χ0v) is 8.64. The number of amides is 1. The van der Waals surface area contributed by atoms with Crippen molar-refractivity contribution in [2.45, 2.75) is 13.8 Å². The van der Waals surface area contributed by atoms with Gasteiger partial charge in [0, 0.05) is 19.7 Å². The third-order valence-corrected chi connectivity index (χ3v) is 1.85. The molecule has 12 heavy (non-hydrogen) atoms. The van der Waals surface area contributed by atoms with Gasteiger partial charge in [0.2, 0.25) is 5.91 Å². The molecule has 0 aliphatic heterocycles. The first-order chi connectivity index (χ1) is 5.76. The van der Waals surface area contributed by atoms with Crippen molar-refractivity contribution >= 4 is 18.5 Å². The Bertz CT molecular complexity index is 130. The summed E-state index contributed by atoms with van der Waals surface area (Å²) < 4.78 is 5.14. The van der Waals surface area contributed by atoms with Crippen molar-refractivity contribution in [2.24, 2.45) is 0 Å². The normalized spacial score (nSPS) is 9.92. The first-order valence-corrected chi connectivity index (χ1v) is 4.85. The summed E-state index contributed by atoms with van der Waals surface area (Å²) in [6.45, 7) is 6.61. The highest BCUT2D eigenvalue weighted by Crippen LogP contribution is 1.91. The fraction of sp³-hybridized carbons (Fsp3) is 0.875. The molecular formula is C8H17NO2S. The zero-order chi connectivity index (χ0) is 9.40. The predicted octanol–water partition coefficient (Wildman–Crippen LogP) is 0.801. The Balaban J connectivity index is 3.60. The van der Waals surface area contributed by atoms with E-state index in [1.54, 1.807) is 4.90 Å². The second-order valence-corrected chi connectivity index (χ2v) is 2.64. The predicted molar refractivity (Wildman–Crippen MR) is 52.6 cm³/mol. The average Bonchev–Trinajstić information content (AvgIpc) is 2.11. The largest absolute Gasteiger partial charge is 0.380 e. The van der Waals surface area contributed by atoms with E-state index in [1.807, 2.05) is 13.8 Å². The minimum Gasteiger partial charge on any atom is -0.380 e. The molecule has 0 aromatic heterocycles. The highest BCUT2D eigenvalue weighted by Gasteiger charge is 2.07. The van der Waals surface area contributed by atoms with Gasteiger partial charge in [-0.05, 0) is 13.8 Å². The third kappa shape index (κ3) is 4.62. The van der Waals surface area contributed by atoms with Crippen molar-refractivity contribution in [2.75, 3.05) is 32.1 Å². The highest BCUT2D eigenvalue weighted by molar-refractivity contribution is 7.81. The van der Waals surface area contributed by atoms with Crippen LogP contribution >= 0.6 is 12.6 Å². The standard InChI is InChI=1S/C8H17NO2S/c1-3-9(8(10)7-12)5-6-11-4-2/h12H,3-7H2,1-2H3. The lowest BCUT2D eigenvalue weighted by molar-refractivity contribution is -0.128. The lowest BCUT2D eigenvalue weighted by Gasteiger charge is -2.19. The van der Waals surface area contributed by atoms with E-state index in [0.29, 0.717) is 19.8 Å². The third-order valence-electron chi connectivity index (χ3n) is 1.58. The van der Waals surface area contributed by atoms with Gasteiger partial charge in [-0.2, -0.15) is 12.6 Å². The number of rotatable bonds is 6. The van der Waals surface area contributed by atoms with Crippen molar-refractivity contribution in [3.8, 4) is 0 Å². The first-order valence-electron chi connectivity index (χ1n) is 4.22. The zero-order valence-electron chi connectivity index (χ0n) is 7.75. The van der Waals surface area contributed by atoms with Crippen LogP contribution in [0.3, 0.4) is 0 Å². The Hall–Kier alpha value is -0.220. The molecule has 0 aromatic rings. The van der Waals surface area contributed by atoms with Crippen molar-refractivity contribution in [3.05, 3.63) is 0 Å². The Kier molecular flexibility index (Phi) is 7.29. The summed E-state index contributed by atoms with van der Waals surface area (Å²) in [5.74, 6) is 0.348. The summed E-state index contributed by atoms with van der Waals surface area (Å²) >= 11 is 3.92. The van der Waals surface area contributed by atoms with Gasteiger partial charge < -0.3 is 9.64 Å². The fourth-order valence-corrected chi connectivity index (χ4v) is 1.08. The van der Waals surface area contributed by atoms with E-state index in [4.69, 9.17) is 4.74 Å². The molecule has 0 spiro atoms. The van der Waals surface area contributed by atoms with Crippen molar-refractivity contribution < 1.29 is 9.53 Å². The van der Waals surface area contributed by atoms with Crippen LogP contribution in [0.25, 0.3) is 0 Å². The van der Waals surface area contributed by atoms with Gasteiger partial charge in [0.1, 0.15) is 0 Å². The molecule has 0 saturated carbocycles. The summed E-state index contributed by atoms with van der Waals surface area (Å²) in [5.41, 5.74) is 0. The van der Waals surface area contributed by atoms with Crippen LogP contribution in [0.2, 0.25) is 0 Å². The van der Waals surface area contributed by atoms with Gasteiger partial charge in [-0.15, -0.1) is 0 Å². The van der Waals surface area contributed by atoms with Gasteiger partial charge in [-0.1, -0.05) is 0 Å². The van der Waals surface area contributed by atoms with Gasteiger partial charge in [0.25, 0.3) is 0 Å². The number of hydrogen-bond acceptors (Lipinski definition) is 3. The lowest BCUT2D eigenvalue weighted by Crippen LogP contribution is -2.34. The number of thiol groups is 1. The Morgan fingerprint density at radius 3 is 2.58 bits per heavy atom. The molecule has 0 saturated heterocycles. The molecule has 0 fully saturated rings. The molecule has 0 radical (unpaired) electrons. The minimum atomic E-state index is 0.0699. The quantitative estimate of drug-likeness (QED) is 0.497. The molecular weight excluding hydrogens is 174 g/mol. The molecule has 3 nitrogen and oxygen atoms in total. The molecule has 0 unspecified atom stereocenters. The summed E-state index contributed by atoms with van der Waals surface area (Å²) in [6.07, 6.45) is 0. The van der Waals surface area contributed by atoms with E-state index < -0.39 is 0 Å². The molecule has 0 aliphatic rings. The van der Waals surface area contributed by atoms with Crippen LogP contribution in [0.5, 0.6) is 0 Å². The molecule has 0 N–H and O–H groups in total. The number of carbonyl (C=O) groups is 1. The molecule has 4 heteroatoms. The molecule has 0 aromatic carbocycles. The van der Waals surface area contributed by atoms with Crippen LogP contribution in [0, 0.1) is 0 Å². The lowest BCUT2D eigenvalue weighted by atomic mass is 10.5.